The smallest absolute Gasteiger partial charge is 0.257 e. The summed E-state index contributed by atoms with van der Waals surface area (Å²) in [6, 6.07) is 9.36. The second kappa shape index (κ2) is 8.55. The molecule has 0 saturated carbocycles. The van der Waals surface area contributed by atoms with Crippen LogP contribution in [-0.2, 0) is 9.53 Å². The SMILES string of the molecule is O=C(COc1ccccc1)NCCCN1CCOCC1. The van der Waals surface area contributed by atoms with Crippen molar-refractivity contribution in [3.8, 4) is 5.75 Å². The Bertz CT molecular complexity index is 391. The molecule has 1 aromatic carbocycles. The highest BCUT2D eigenvalue weighted by molar-refractivity contribution is 5.77. The lowest BCUT2D eigenvalue weighted by Gasteiger charge is -2.26. The van der Waals surface area contributed by atoms with E-state index in [4.69, 9.17) is 9.47 Å². The average molecular weight is 278 g/mol. The minimum atomic E-state index is -0.0733. The lowest BCUT2D eigenvalue weighted by molar-refractivity contribution is -0.123. The molecule has 1 N–H and O–H groups in total. The molecular formula is C15H22N2O3. The highest BCUT2D eigenvalue weighted by Gasteiger charge is 2.09. The summed E-state index contributed by atoms with van der Waals surface area (Å²) in [5, 5.41) is 2.87. The molecule has 0 unspecified atom stereocenters. The monoisotopic (exact) mass is 278 g/mol. The molecule has 1 saturated heterocycles. The predicted octanol–water partition coefficient (Wildman–Crippen LogP) is 0.904. The molecule has 1 aliphatic rings. The van der Waals surface area contributed by atoms with E-state index in [1.165, 1.54) is 0 Å². The molecule has 0 radical (unpaired) electrons. The minimum Gasteiger partial charge on any atom is -0.484 e. The number of hydrogen-bond donors (Lipinski definition) is 1. The van der Waals surface area contributed by atoms with Gasteiger partial charge in [0.15, 0.2) is 6.61 Å². The van der Waals surface area contributed by atoms with Gasteiger partial charge in [0, 0.05) is 19.6 Å². The predicted molar refractivity (Wildman–Crippen MR) is 76.8 cm³/mol. The van der Waals surface area contributed by atoms with Crippen molar-refractivity contribution in [1.29, 1.82) is 0 Å². The molecule has 20 heavy (non-hydrogen) atoms. The lowest BCUT2D eigenvalue weighted by atomic mass is 10.3. The summed E-state index contributed by atoms with van der Waals surface area (Å²) < 4.78 is 10.7. The molecule has 1 aliphatic heterocycles. The van der Waals surface area contributed by atoms with Crippen LogP contribution in [0.25, 0.3) is 0 Å². The summed E-state index contributed by atoms with van der Waals surface area (Å²) in [7, 11) is 0. The van der Waals surface area contributed by atoms with Crippen LogP contribution in [0.1, 0.15) is 6.42 Å². The van der Waals surface area contributed by atoms with Crippen LogP contribution in [0.2, 0.25) is 0 Å². The van der Waals surface area contributed by atoms with Crippen molar-refractivity contribution in [1.82, 2.24) is 10.2 Å². The fourth-order valence-corrected chi connectivity index (χ4v) is 2.07. The largest absolute Gasteiger partial charge is 0.484 e. The zero-order valence-electron chi connectivity index (χ0n) is 11.7. The zero-order chi connectivity index (χ0) is 14.0. The third-order valence-corrected chi connectivity index (χ3v) is 3.19. The Hall–Kier alpha value is -1.59. The molecule has 5 nitrogen and oxygen atoms in total. The first-order valence-corrected chi connectivity index (χ1v) is 7.09. The van der Waals surface area contributed by atoms with Crippen LogP contribution in [0.4, 0.5) is 0 Å². The first-order valence-electron chi connectivity index (χ1n) is 7.09. The van der Waals surface area contributed by atoms with Gasteiger partial charge in [0.2, 0.25) is 0 Å². The molecule has 0 bridgehead atoms. The fourth-order valence-electron chi connectivity index (χ4n) is 2.07. The van der Waals surface area contributed by atoms with E-state index in [1.54, 1.807) is 0 Å². The van der Waals surface area contributed by atoms with E-state index in [2.05, 4.69) is 10.2 Å². The topological polar surface area (TPSA) is 50.8 Å². The minimum absolute atomic E-state index is 0.0710. The molecule has 0 atom stereocenters. The Kier molecular flexibility index (Phi) is 6.34. The molecule has 2 rings (SSSR count). The number of rotatable bonds is 7. The van der Waals surface area contributed by atoms with Crippen LogP contribution < -0.4 is 10.1 Å². The number of amides is 1. The van der Waals surface area contributed by atoms with Gasteiger partial charge >= 0.3 is 0 Å². The van der Waals surface area contributed by atoms with Crippen LogP contribution in [0.3, 0.4) is 0 Å². The first kappa shape index (κ1) is 14.8. The van der Waals surface area contributed by atoms with Crippen molar-refractivity contribution in [3.05, 3.63) is 30.3 Å². The van der Waals surface area contributed by atoms with Gasteiger partial charge in [-0.25, -0.2) is 0 Å². The highest BCUT2D eigenvalue weighted by Crippen LogP contribution is 2.07. The van der Waals surface area contributed by atoms with E-state index in [0.717, 1.165) is 45.0 Å². The number of nitrogens with zero attached hydrogens (tertiary/aromatic N) is 1. The van der Waals surface area contributed by atoms with Crippen LogP contribution in [-0.4, -0.2) is 56.8 Å². The van der Waals surface area contributed by atoms with E-state index in [1.807, 2.05) is 30.3 Å². The number of nitrogens with one attached hydrogen (secondary N) is 1. The Labute approximate surface area is 119 Å². The van der Waals surface area contributed by atoms with Gasteiger partial charge in [-0.15, -0.1) is 0 Å². The lowest BCUT2D eigenvalue weighted by Crippen LogP contribution is -2.38. The maximum Gasteiger partial charge on any atom is 0.257 e. The maximum absolute atomic E-state index is 11.6. The third-order valence-electron chi connectivity index (χ3n) is 3.19. The van der Waals surface area contributed by atoms with Crippen LogP contribution in [0, 0.1) is 0 Å². The Balaban J connectivity index is 1.51. The van der Waals surface area contributed by atoms with Crippen LogP contribution >= 0.6 is 0 Å². The van der Waals surface area contributed by atoms with Gasteiger partial charge in [0.05, 0.1) is 13.2 Å². The van der Waals surface area contributed by atoms with Crippen molar-refractivity contribution in [2.24, 2.45) is 0 Å². The number of carbonyl (C=O) groups is 1. The molecule has 1 aromatic rings. The van der Waals surface area contributed by atoms with Crippen molar-refractivity contribution in [3.63, 3.8) is 0 Å². The van der Waals surface area contributed by atoms with Gasteiger partial charge in [-0.3, -0.25) is 9.69 Å². The molecular weight excluding hydrogens is 256 g/mol. The molecule has 1 heterocycles. The second-order valence-corrected chi connectivity index (χ2v) is 4.76. The molecule has 1 amide bonds. The van der Waals surface area contributed by atoms with Crippen molar-refractivity contribution in [2.75, 3.05) is 46.0 Å². The van der Waals surface area contributed by atoms with Crippen molar-refractivity contribution >= 4 is 5.91 Å². The summed E-state index contributed by atoms with van der Waals surface area (Å²) >= 11 is 0. The van der Waals surface area contributed by atoms with E-state index < -0.39 is 0 Å². The summed E-state index contributed by atoms with van der Waals surface area (Å²) in [4.78, 5) is 14.0. The second-order valence-electron chi connectivity index (χ2n) is 4.76. The average Bonchev–Trinajstić information content (AvgIpc) is 2.52. The van der Waals surface area contributed by atoms with Gasteiger partial charge in [-0.2, -0.15) is 0 Å². The van der Waals surface area contributed by atoms with E-state index in [-0.39, 0.29) is 12.5 Å². The fraction of sp³-hybridized carbons (Fsp3) is 0.533. The number of hydrogen-bond acceptors (Lipinski definition) is 4. The van der Waals surface area contributed by atoms with E-state index in [9.17, 15) is 4.79 Å². The number of morpholine rings is 1. The van der Waals surface area contributed by atoms with Crippen molar-refractivity contribution in [2.45, 2.75) is 6.42 Å². The maximum atomic E-state index is 11.6. The third kappa shape index (κ3) is 5.59. The Morgan fingerprint density at radius 1 is 1.25 bits per heavy atom. The number of benzene rings is 1. The first-order chi connectivity index (χ1) is 9.84. The van der Waals surface area contributed by atoms with Gasteiger partial charge in [0.1, 0.15) is 5.75 Å². The van der Waals surface area contributed by atoms with Gasteiger partial charge < -0.3 is 14.8 Å². The molecule has 0 aromatic heterocycles. The molecule has 0 aliphatic carbocycles. The molecule has 5 heteroatoms. The molecule has 0 spiro atoms. The molecule has 1 fully saturated rings. The quantitative estimate of drug-likeness (QED) is 0.753. The highest BCUT2D eigenvalue weighted by atomic mass is 16.5. The Morgan fingerprint density at radius 3 is 2.75 bits per heavy atom. The number of para-hydroxylation sites is 1. The normalized spacial score (nSPS) is 15.8. The van der Waals surface area contributed by atoms with Crippen LogP contribution in [0.5, 0.6) is 5.75 Å². The standard InChI is InChI=1S/C15H22N2O3/c18-15(13-20-14-5-2-1-3-6-14)16-7-4-8-17-9-11-19-12-10-17/h1-3,5-6H,4,7-13H2,(H,16,18). The Morgan fingerprint density at radius 2 is 2.00 bits per heavy atom. The van der Waals surface area contributed by atoms with Gasteiger partial charge in [-0.05, 0) is 25.1 Å². The summed E-state index contributed by atoms with van der Waals surface area (Å²) in [6.45, 7) is 5.38. The summed E-state index contributed by atoms with van der Waals surface area (Å²) in [5.41, 5.74) is 0. The van der Waals surface area contributed by atoms with Gasteiger partial charge in [0.25, 0.3) is 5.91 Å². The van der Waals surface area contributed by atoms with E-state index in [0.29, 0.717) is 6.54 Å². The molecule has 110 valence electrons. The number of carbonyl (C=O) groups excluding carboxylic acids is 1. The van der Waals surface area contributed by atoms with Gasteiger partial charge in [-0.1, -0.05) is 18.2 Å². The van der Waals surface area contributed by atoms with E-state index >= 15 is 0 Å². The number of ether oxygens (including phenoxy) is 2. The summed E-state index contributed by atoms with van der Waals surface area (Å²) in [5.74, 6) is 0.645. The van der Waals surface area contributed by atoms with Crippen molar-refractivity contribution < 1.29 is 14.3 Å². The van der Waals surface area contributed by atoms with Crippen LogP contribution in [0.15, 0.2) is 30.3 Å². The zero-order valence-corrected chi connectivity index (χ0v) is 11.7. The summed E-state index contributed by atoms with van der Waals surface area (Å²) in [6.07, 6.45) is 0.955.